The van der Waals surface area contributed by atoms with Crippen molar-refractivity contribution in [3.63, 3.8) is 0 Å². The molecule has 1 aliphatic heterocycles. The van der Waals surface area contributed by atoms with Gasteiger partial charge in [-0.05, 0) is 31.7 Å². The van der Waals surface area contributed by atoms with E-state index in [1.54, 1.807) is 0 Å². The maximum atomic E-state index is 10.7. The number of ether oxygens (including phenoxy) is 1. The lowest BCUT2D eigenvalue weighted by Gasteiger charge is -2.25. The van der Waals surface area contributed by atoms with Crippen LogP contribution in [-0.2, 0) is 9.53 Å². The van der Waals surface area contributed by atoms with Gasteiger partial charge in [0.15, 0.2) is 6.10 Å². The topological polar surface area (TPSA) is 58.6 Å². The molecule has 4 nitrogen and oxygen atoms in total. The first-order valence-corrected chi connectivity index (χ1v) is 6.34. The molecule has 92 valence electrons. The third-order valence-electron chi connectivity index (χ3n) is 3.71. The van der Waals surface area contributed by atoms with E-state index in [1.807, 2.05) is 0 Å². The molecule has 0 spiro atoms. The van der Waals surface area contributed by atoms with Crippen molar-refractivity contribution in [2.45, 2.75) is 50.7 Å². The van der Waals surface area contributed by atoms with Gasteiger partial charge in [-0.1, -0.05) is 19.3 Å². The summed E-state index contributed by atoms with van der Waals surface area (Å²) in [6.07, 6.45) is 6.50. The molecule has 2 rings (SSSR count). The highest BCUT2D eigenvalue weighted by Gasteiger charge is 2.29. The predicted molar refractivity (Wildman–Crippen MR) is 60.4 cm³/mol. The quantitative estimate of drug-likeness (QED) is 0.673. The monoisotopic (exact) mass is 227 g/mol. The van der Waals surface area contributed by atoms with Crippen LogP contribution in [0.1, 0.15) is 38.5 Å². The molecule has 0 aromatic rings. The molecule has 2 aliphatic rings. The van der Waals surface area contributed by atoms with Gasteiger partial charge in [-0.3, -0.25) is 0 Å². The van der Waals surface area contributed by atoms with Crippen LogP contribution in [0.2, 0.25) is 0 Å². The molecule has 2 fully saturated rings. The Bertz CT molecular complexity index is 240. The molecular formula is C12H21NO3. The summed E-state index contributed by atoms with van der Waals surface area (Å²) >= 11 is 0. The van der Waals surface area contributed by atoms with Crippen molar-refractivity contribution in [2.75, 3.05) is 13.1 Å². The van der Waals surface area contributed by atoms with E-state index in [0.717, 1.165) is 25.4 Å². The SMILES string of the molecule is O=C(O)C1CCC(CNCCC2CCC2)O1. The predicted octanol–water partition coefficient (Wildman–Crippen LogP) is 1.40. The van der Waals surface area contributed by atoms with Crippen LogP contribution in [0.4, 0.5) is 0 Å². The molecule has 4 heteroatoms. The number of carbonyl (C=O) groups is 1. The van der Waals surface area contributed by atoms with Crippen molar-refractivity contribution in [1.82, 2.24) is 5.32 Å². The summed E-state index contributed by atoms with van der Waals surface area (Å²) in [6.45, 7) is 1.85. The van der Waals surface area contributed by atoms with E-state index in [-0.39, 0.29) is 6.10 Å². The van der Waals surface area contributed by atoms with Gasteiger partial charge >= 0.3 is 5.97 Å². The van der Waals surface area contributed by atoms with Gasteiger partial charge in [0.1, 0.15) is 0 Å². The molecule has 2 atom stereocenters. The summed E-state index contributed by atoms with van der Waals surface area (Å²) in [7, 11) is 0. The van der Waals surface area contributed by atoms with E-state index in [0.29, 0.717) is 6.42 Å². The number of carboxylic acids is 1. The van der Waals surface area contributed by atoms with E-state index in [9.17, 15) is 4.79 Å². The third-order valence-corrected chi connectivity index (χ3v) is 3.71. The first-order valence-electron chi connectivity index (χ1n) is 6.34. The van der Waals surface area contributed by atoms with Crippen LogP contribution in [0.5, 0.6) is 0 Å². The summed E-state index contributed by atoms with van der Waals surface area (Å²) in [4.78, 5) is 10.7. The van der Waals surface area contributed by atoms with Crippen LogP contribution < -0.4 is 5.32 Å². The second-order valence-electron chi connectivity index (χ2n) is 4.95. The highest BCUT2D eigenvalue weighted by molar-refractivity contribution is 5.72. The number of rotatable bonds is 6. The van der Waals surface area contributed by atoms with Crippen LogP contribution in [0.3, 0.4) is 0 Å². The van der Waals surface area contributed by atoms with Crippen molar-refractivity contribution >= 4 is 5.97 Å². The standard InChI is InChI=1S/C12H21NO3/c14-12(15)11-5-4-10(16-11)8-13-7-6-9-2-1-3-9/h9-11,13H,1-8H2,(H,14,15). The molecule has 1 saturated carbocycles. The van der Waals surface area contributed by atoms with E-state index >= 15 is 0 Å². The van der Waals surface area contributed by atoms with Gasteiger partial charge in [0.05, 0.1) is 6.10 Å². The molecule has 2 unspecified atom stereocenters. The Hall–Kier alpha value is -0.610. The fourth-order valence-corrected chi connectivity index (χ4v) is 2.39. The Balaban J connectivity index is 1.51. The van der Waals surface area contributed by atoms with Crippen LogP contribution in [0.25, 0.3) is 0 Å². The average Bonchev–Trinajstić information content (AvgIpc) is 2.63. The van der Waals surface area contributed by atoms with Crippen LogP contribution >= 0.6 is 0 Å². The average molecular weight is 227 g/mol. The number of aliphatic carboxylic acids is 1. The summed E-state index contributed by atoms with van der Waals surface area (Å²) in [5.41, 5.74) is 0. The van der Waals surface area contributed by atoms with Gasteiger partial charge in [0.2, 0.25) is 0 Å². The lowest BCUT2D eigenvalue weighted by molar-refractivity contribution is -0.149. The normalized spacial score (nSPS) is 30.2. The summed E-state index contributed by atoms with van der Waals surface area (Å²) in [5.74, 6) is 0.112. The van der Waals surface area contributed by atoms with E-state index in [1.165, 1.54) is 25.7 Å². The maximum Gasteiger partial charge on any atom is 0.332 e. The zero-order valence-electron chi connectivity index (χ0n) is 9.65. The van der Waals surface area contributed by atoms with Crippen molar-refractivity contribution in [1.29, 1.82) is 0 Å². The second kappa shape index (κ2) is 5.64. The van der Waals surface area contributed by atoms with E-state index in [2.05, 4.69) is 5.32 Å². The molecule has 2 N–H and O–H groups in total. The number of hydrogen-bond donors (Lipinski definition) is 2. The first-order chi connectivity index (χ1) is 7.75. The van der Waals surface area contributed by atoms with Gasteiger partial charge in [-0.15, -0.1) is 0 Å². The zero-order valence-corrected chi connectivity index (χ0v) is 9.65. The Morgan fingerprint density at radius 3 is 2.69 bits per heavy atom. The summed E-state index contributed by atoms with van der Waals surface area (Å²) in [5, 5.41) is 12.1. The minimum absolute atomic E-state index is 0.0995. The van der Waals surface area contributed by atoms with Gasteiger partial charge in [-0.25, -0.2) is 4.79 Å². The lowest BCUT2D eigenvalue weighted by Crippen LogP contribution is -2.30. The molecule has 16 heavy (non-hydrogen) atoms. The molecule has 1 saturated heterocycles. The lowest BCUT2D eigenvalue weighted by atomic mass is 9.83. The van der Waals surface area contributed by atoms with E-state index < -0.39 is 12.1 Å². The van der Waals surface area contributed by atoms with Crippen molar-refractivity contribution in [2.24, 2.45) is 5.92 Å². The fourth-order valence-electron chi connectivity index (χ4n) is 2.39. The Morgan fingerprint density at radius 1 is 1.31 bits per heavy atom. The highest BCUT2D eigenvalue weighted by atomic mass is 16.5. The Kier molecular flexibility index (Phi) is 4.18. The molecule has 0 aromatic carbocycles. The van der Waals surface area contributed by atoms with Crippen molar-refractivity contribution in [3.8, 4) is 0 Å². The molecule has 0 bridgehead atoms. The second-order valence-corrected chi connectivity index (χ2v) is 4.95. The molecule has 1 heterocycles. The van der Waals surface area contributed by atoms with Crippen LogP contribution in [0.15, 0.2) is 0 Å². The highest BCUT2D eigenvalue weighted by Crippen LogP contribution is 2.28. The Labute approximate surface area is 96.4 Å². The number of nitrogens with one attached hydrogen (secondary N) is 1. The Morgan fingerprint density at radius 2 is 2.12 bits per heavy atom. The smallest absolute Gasteiger partial charge is 0.332 e. The van der Waals surface area contributed by atoms with Crippen LogP contribution in [0, 0.1) is 5.92 Å². The van der Waals surface area contributed by atoms with Gasteiger partial charge < -0.3 is 15.2 Å². The van der Waals surface area contributed by atoms with Crippen molar-refractivity contribution in [3.05, 3.63) is 0 Å². The molecular weight excluding hydrogens is 206 g/mol. The first kappa shape index (κ1) is 11.9. The zero-order chi connectivity index (χ0) is 11.4. The summed E-state index contributed by atoms with van der Waals surface area (Å²) < 4.78 is 5.41. The van der Waals surface area contributed by atoms with Crippen molar-refractivity contribution < 1.29 is 14.6 Å². The largest absolute Gasteiger partial charge is 0.479 e. The number of hydrogen-bond acceptors (Lipinski definition) is 3. The third kappa shape index (κ3) is 3.19. The van der Waals surface area contributed by atoms with Gasteiger partial charge in [0.25, 0.3) is 0 Å². The van der Waals surface area contributed by atoms with Gasteiger partial charge in [0, 0.05) is 6.54 Å². The fraction of sp³-hybridized carbons (Fsp3) is 0.917. The molecule has 0 aromatic heterocycles. The molecule has 0 radical (unpaired) electrons. The molecule has 1 aliphatic carbocycles. The maximum absolute atomic E-state index is 10.7. The minimum Gasteiger partial charge on any atom is -0.479 e. The number of carboxylic acid groups (broad SMARTS) is 1. The minimum atomic E-state index is -0.822. The van der Waals surface area contributed by atoms with Gasteiger partial charge in [-0.2, -0.15) is 0 Å². The molecule has 0 amide bonds. The van der Waals surface area contributed by atoms with E-state index in [4.69, 9.17) is 9.84 Å². The summed E-state index contributed by atoms with van der Waals surface area (Å²) in [6, 6.07) is 0. The van der Waals surface area contributed by atoms with Crippen LogP contribution in [-0.4, -0.2) is 36.4 Å².